The van der Waals surface area contributed by atoms with E-state index < -0.39 is 0 Å². The summed E-state index contributed by atoms with van der Waals surface area (Å²) in [6, 6.07) is 6.61. The van der Waals surface area contributed by atoms with Crippen LogP contribution in [-0.2, 0) is 4.79 Å². The molecule has 17 heavy (non-hydrogen) atoms. The van der Waals surface area contributed by atoms with Crippen LogP contribution in [0.25, 0.3) is 0 Å². The van der Waals surface area contributed by atoms with Crippen LogP contribution in [0.15, 0.2) is 18.2 Å². The smallest absolute Gasteiger partial charge is 0.140 e. The predicted molar refractivity (Wildman–Crippen MR) is 71.3 cm³/mol. The van der Waals surface area contributed by atoms with Gasteiger partial charge in [-0.05, 0) is 37.8 Å². The Balaban J connectivity index is 2.41. The van der Waals surface area contributed by atoms with Gasteiger partial charge in [0, 0.05) is 17.8 Å². The highest BCUT2D eigenvalue weighted by Crippen LogP contribution is 2.55. The van der Waals surface area contributed by atoms with Crippen molar-refractivity contribution in [2.45, 2.75) is 52.9 Å². The van der Waals surface area contributed by atoms with Crippen molar-refractivity contribution >= 4 is 5.78 Å². The fourth-order valence-corrected chi connectivity index (χ4v) is 3.33. The summed E-state index contributed by atoms with van der Waals surface area (Å²) < 4.78 is 0. The lowest BCUT2D eigenvalue weighted by Gasteiger charge is -2.48. The number of aryl methyl sites for hydroxylation is 2. The van der Waals surface area contributed by atoms with Crippen LogP contribution in [0.4, 0.5) is 0 Å². The third-order valence-electron chi connectivity index (χ3n) is 4.68. The summed E-state index contributed by atoms with van der Waals surface area (Å²) in [6.07, 6.45) is 2.69. The fourth-order valence-electron chi connectivity index (χ4n) is 3.33. The van der Waals surface area contributed by atoms with Crippen molar-refractivity contribution in [1.29, 1.82) is 0 Å². The number of rotatable bonds is 3. The minimum absolute atomic E-state index is 0.0709. The minimum Gasteiger partial charge on any atom is -0.299 e. The van der Waals surface area contributed by atoms with Crippen molar-refractivity contribution in [3.63, 3.8) is 0 Å². The molecule has 1 aromatic carbocycles. The molecule has 0 amide bonds. The zero-order chi connectivity index (χ0) is 12.6. The molecule has 1 fully saturated rings. The Hall–Kier alpha value is -1.11. The Morgan fingerprint density at radius 3 is 2.41 bits per heavy atom. The summed E-state index contributed by atoms with van der Waals surface area (Å²) in [4.78, 5) is 12.0. The largest absolute Gasteiger partial charge is 0.299 e. The van der Waals surface area contributed by atoms with Gasteiger partial charge in [0.15, 0.2) is 0 Å². The van der Waals surface area contributed by atoms with Crippen molar-refractivity contribution in [1.82, 2.24) is 0 Å². The van der Waals surface area contributed by atoms with E-state index in [9.17, 15) is 4.79 Å². The Kier molecular flexibility index (Phi) is 3.11. The fraction of sp³-hybridized carbons (Fsp3) is 0.562. The lowest BCUT2D eigenvalue weighted by Crippen LogP contribution is -2.47. The van der Waals surface area contributed by atoms with Crippen molar-refractivity contribution in [3.8, 4) is 0 Å². The van der Waals surface area contributed by atoms with E-state index in [1.54, 1.807) is 0 Å². The SMILES string of the molecule is CCC1(CC)C(=O)CC1c1cc(C)ccc1C. The molecule has 0 saturated heterocycles. The van der Waals surface area contributed by atoms with E-state index in [4.69, 9.17) is 0 Å². The van der Waals surface area contributed by atoms with E-state index in [1.165, 1.54) is 16.7 Å². The summed E-state index contributed by atoms with van der Waals surface area (Å²) in [5.74, 6) is 0.915. The van der Waals surface area contributed by atoms with E-state index >= 15 is 0 Å². The van der Waals surface area contributed by atoms with Crippen LogP contribution < -0.4 is 0 Å². The van der Waals surface area contributed by atoms with Crippen molar-refractivity contribution in [2.75, 3.05) is 0 Å². The van der Waals surface area contributed by atoms with Gasteiger partial charge >= 0.3 is 0 Å². The Morgan fingerprint density at radius 2 is 1.88 bits per heavy atom. The van der Waals surface area contributed by atoms with Crippen LogP contribution in [0.5, 0.6) is 0 Å². The van der Waals surface area contributed by atoms with Gasteiger partial charge in [0.2, 0.25) is 0 Å². The summed E-state index contributed by atoms with van der Waals surface area (Å²) in [5, 5.41) is 0. The van der Waals surface area contributed by atoms with Gasteiger partial charge in [-0.2, -0.15) is 0 Å². The van der Waals surface area contributed by atoms with Gasteiger partial charge in [0.05, 0.1) is 0 Å². The van der Waals surface area contributed by atoms with Crippen molar-refractivity contribution < 1.29 is 4.79 Å². The predicted octanol–water partition coefficient (Wildman–Crippen LogP) is 4.17. The van der Waals surface area contributed by atoms with Crippen molar-refractivity contribution in [2.24, 2.45) is 5.41 Å². The monoisotopic (exact) mass is 230 g/mol. The highest BCUT2D eigenvalue weighted by Gasteiger charge is 2.52. The molecule has 2 rings (SSSR count). The first-order valence-electron chi connectivity index (χ1n) is 6.65. The molecule has 0 heterocycles. The third-order valence-corrected chi connectivity index (χ3v) is 4.68. The standard InChI is InChI=1S/C16H22O/c1-5-16(6-2)14(10-15(16)17)13-9-11(3)7-8-12(13)4/h7-9,14H,5-6,10H2,1-4H3. The van der Waals surface area contributed by atoms with Gasteiger partial charge in [-0.3, -0.25) is 4.79 Å². The Labute approximate surface area is 104 Å². The second kappa shape index (κ2) is 4.29. The summed E-state index contributed by atoms with van der Waals surface area (Å²) in [7, 11) is 0. The molecule has 1 aliphatic rings. The number of Topliss-reactive ketones (excluding diaryl/α,β-unsaturated/α-hetero) is 1. The normalized spacial score (nSPS) is 22.4. The van der Waals surface area contributed by atoms with Gasteiger partial charge in [-0.1, -0.05) is 37.6 Å². The maximum absolute atomic E-state index is 12.0. The van der Waals surface area contributed by atoms with E-state index in [0.717, 1.165) is 19.3 Å². The summed E-state index contributed by atoms with van der Waals surface area (Å²) in [5.41, 5.74) is 3.96. The van der Waals surface area contributed by atoms with Gasteiger partial charge in [-0.15, -0.1) is 0 Å². The lowest BCUT2D eigenvalue weighted by atomic mass is 9.53. The molecule has 0 bridgehead atoms. The van der Waals surface area contributed by atoms with Crippen LogP contribution in [0.1, 0.15) is 55.7 Å². The van der Waals surface area contributed by atoms with E-state index in [0.29, 0.717) is 11.7 Å². The molecule has 0 spiro atoms. The van der Waals surface area contributed by atoms with Crippen LogP contribution in [0.3, 0.4) is 0 Å². The van der Waals surface area contributed by atoms with E-state index in [2.05, 4.69) is 45.9 Å². The van der Waals surface area contributed by atoms with E-state index in [1.807, 2.05) is 0 Å². The highest BCUT2D eigenvalue weighted by molar-refractivity contribution is 5.93. The molecule has 0 aliphatic heterocycles. The molecular formula is C16H22O. The molecule has 1 aliphatic carbocycles. The Bertz CT molecular complexity index is 441. The van der Waals surface area contributed by atoms with E-state index in [-0.39, 0.29) is 5.41 Å². The number of benzene rings is 1. The average Bonchev–Trinajstić information content (AvgIpc) is 2.31. The van der Waals surface area contributed by atoms with Gasteiger partial charge < -0.3 is 0 Å². The highest BCUT2D eigenvalue weighted by atomic mass is 16.1. The summed E-state index contributed by atoms with van der Waals surface area (Å²) in [6.45, 7) is 8.59. The second-order valence-electron chi connectivity index (χ2n) is 5.40. The van der Waals surface area contributed by atoms with Crippen molar-refractivity contribution in [3.05, 3.63) is 34.9 Å². The average molecular weight is 230 g/mol. The molecule has 1 saturated carbocycles. The zero-order valence-electron chi connectivity index (χ0n) is 11.3. The lowest BCUT2D eigenvalue weighted by molar-refractivity contribution is -0.141. The molecule has 92 valence electrons. The molecule has 1 unspecified atom stereocenters. The van der Waals surface area contributed by atoms with Crippen LogP contribution in [0.2, 0.25) is 0 Å². The van der Waals surface area contributed by atoms with Gasteiger partial charge in [-0.25, -0.2) is 0 Å². The number of carbonyl (C=O) groups is 1. The number of carbonyl (C=O) groups excluding carboxylic acids is 1. The number of hydrogen-bond acceptors (Lipinski definition) is 1. The third kappa shape index (κ3) is 1.72. The maximum atomic E-state index is 12.0. The first-order chi connectivity index (χ1) is 8.05. The maximum Gasteiger partial charge on any atom is 0.140 e. The van der Waals surface area contributed by atoms with Gasteiger partial charge in [0.1, 0.15) is 5.78 Å². The topological polar surface area (TPSA) is 17.1 Å². The Morgan fingerprint density at radius 1 is 1.24 bits per heavy atom. The molecule has 0 aromatic heterocycles. The van der Waals surface area contributed by atoms with Crippen LogP contribution >= 0.6 is 0 Å². The minimum atomic E-state index is -0.0709. The van der Waals surface area contributed by atoms with Crippen LogP contribution in [-0.4, -0.2) is 5.78 Å². The first kappa shape index (κ1) is 12.3. The summed E-state index contributed by atoms with van der Waals surface area (Å²) >= 11 is 0. The molecule has 1 atom stereocenters. The first-order valence-corrected chi connectivity index (χ1v) is 6.65. The molecule has 0 radical (unpaired) electrons. The van der Waals surface area contributed by atoms with Gasteiger partial charge in [0.25, 0.3) is 0 Å². The molecule has 0 N–H and O–H groups in total. The number of hydrogen-bond donors (Lipinski definition) is 0. The molecule has 1 aromatic rings. The van der Waals surface area contributed by atoms with Crippen LogP contribution in [0, 0.1) is 19.3 Å². The second-order valence-corrected chi connectivity index (χ2v) is 5.40. The molecule has 1 heteroatoms. The molecular weight excluding hydrogens is 208 g/mol. The molecule has 1 nitrogen and oxygen atoms in total. The quantitative estimate of drug-likeness (QED) is 0.761. The zero-order valence-corrected chi connectivity index (χ0v) is 11.3. The number of ketones is 1.